The molecule has 1 aromatic carbocycles. The van der Waals surface area contributed by atoms with Crippen LogP contribution in [0, 0.1) is 0 Å². The van der Waals surface area contributed by atoms with E-state index in [2.05, 4.69) is 52.4 Å². The van der Waals surface area contributed by atoms with Gasteiger partial charge in [0.1, 0.15) is 0 Å². The van der Waals surface area contributed by atoms with Gasteiger partial charge in [-0.05, 0) is 37.1 Å². The van der Waals surface area contributed by atoms with Crippen LogP contribution in [-0.2, 0) is 5.41 Å². The Labute approximate surface area is 107 Å². The van der Waals surface area contributed by atoms with E-state index in [-0.39, 0.29) is 0 Å². The van der Waals surface area contributed by atoms with Gasteiger partial charge in [-0.2, -0.15) is 0 Å². The lowest BCUT2D eigenvalue weighted by atomic mass is 9.79. The summed E-state index contributed by atoms with van der Waals surface area (Å²) in [5.74, 6) is 0. The van der Waals surface area contributed by atoms with Crippen molar-refractivity contribution in [3.8, 4) is 0 Å². The second-order valence-corrected chi connectivity index (χ2v) is 5.69. The van der Waals surface area contributed by atoms with Crippen molar-refractivity contribution in [3.05, 3.63) is 34.3 Å². The van der Waals surface area contributed by atoms with Gasteiger partial charge in [0.25, 0.3) is 0 Å². The minimum atomic E-state index is 0.389. The average Bonchev–Trinajstić information content (AvgIpc) is 2.76. The number of rotatable bonds is 4. The van der Waals surface area contributed by atoms with Gasteiger partial charge < -0.3 is 5.32 Å². The average molecular weight is 282 g/mol. The predicted molar refractivity (Wildman–Crippen MR) is 72.8 cm³/mol. The third-order valence-electron chi connectivity index (χ3n) is 3.71. The van der Waals surface area contributed by atoms with Crippen LogP contribution in [0.15, 0.2) is 28.7 Å². The SMILES string of the molecule is CCNCC1(c2cccc(Br)c2)CCCC1. The van der Waals surface area contributed by atoms with E-state index in [4.69, 9.17) is 0 Å². The number of likely N-dealkylation sites (N-methyl/N-ethyl adjacent to an activating group) is 1. The zero-order valence-corrected chi connectivity index (χ0v) is 11.5. The highest BCUT2D eigenvalue weighted by Gasteiger charge is 2.34. The van der Waals surface area contributed by atoms with Gasteiger partial charge in [-0.15, -0.1) is 0 Å². The van der Waals surface area contributed by atoms with Gasteiger partial charge in [0.05, 0.1) is 0 Å². The number of benzene rings is 1. The van der Waals surface area contributed by atoms with Crippen LogP contribution in [-0.4, -0.2) is 13.1 Å². The highest BCUT2D eigenvalue weighted by Crippen LogP contribution is 2.41. The molecule has 0 saturated heterocycles. The molecule has 1 N–H and O–H groups in total. The first-order valence-electron chi connectivity index (χ1n) is 6.24. The van der Waals surface area contributed by atoms with Crippen molar-refractivity contribution in [2.75, 3.05) is 13.1 Å². The standard InChI is InChI=1S/C14H20BrN/c1-2-16-11-14(8-3-4-9-14)12-6-5-7-13(15)10-12/h5-7,10,16H,2-4,8-9,11H2,1H3. The molecule has 0 atom stereocenters. The highest BCUT2D eigenvalue weighted by molar-refractivity contribution is 9.10. The number of hydrogen-bond donors (Lipinski definition) is 1. The van der Waals surface area contributed by atoms with Crippen molar-refractivity contribution < 1.29 is 0 Å². The summed E-state index contributed by atoms with van der Waals surface area (Å²) in [4.78, 5) is 0. The molecule has 0 spiro atoms. The first-order valence-corrected chi connectivity index (χ1v) is 7.03. The fourth-order valence-electron chi connectivity index (χ4n) is 2.80. The number of hydrogen-bond acceptors (Lipinski definition) is 1. The molecule has 1 aromatic rings. The van der Waals surface area contributed by atoms with E-state index in [1.54, 1.807) is 0 Å². The molecule has 88 valence electrons. The predicted octanol–water partition coefficient (Wildman–Crippen LogP) is 3.87. The molecule has 0 unspecified atom stereocenters. The summed E-state index contributed by atoms with van der Waals surface area (Å²) in [7, 11) is 0. The van der Waals surface area contributed by atoms with E-state index >= 15 is 0 Å². The van der Waals surface area contributed by atoms with Crippen molar-refractivity contribution in [2.24, 2.45) is 0 Å². The monoisotopic (exact) mass is 281 g/mol. The molecule has 0 amide bonds. The van der Waals surface area contributed by atoms with Gasteiger partial charge in [0, 0.05) is 16.4 Å². The van der Waals surface area contributed by atoms with Gasteiger partial charge in [-0.3, -0.25) is 0 Å². The zero-order valence-electron chi connectivity index (χ0n) is 9.93. The second-order valence-electron chi connectivity index (χ2n) is 4.78. The third kappa shape index (κ3) is 2.49. The molecule has 0 radical (unpaired) electrons. The Kier molecular flexibility index (Phi) is 4.04. The zero-order chi connectivity index (χ0) is 11.4. The van der Waals surface area contributed by atoms with Crippen LogP contribution in [0.3, 0.4) is 0 Å². The van der Waals surface area contributed by atoms with Crippen LogP contribution in [0.2, 0.25) is 0 Å². The maximum absolute atomic E-state index is 3.58. The van der Waals surface area contributed by atoms with E-state index in [0.717, 1.165) is 13.1 Å². The summed E-state index contributed by atoms with van der Waals surface area (Å²) >= 11 is 3.58. The largest absolute Gasteiger partial charge is 0.316 e. The summed E-state index contributed by atoms with van der Waals surface area (Å²) in [6.07, 6.45) is 5.41. The highest BCUT2D eigenvalue weighted by atomic mass is 79.9. The molecular weight excluding hydrogens is 262 g/mol. The van der Waals surface area contributed by atoms with Crippen molar-refractivity contribution in [2.45, 2.75) is 38.0 Å². The van der Waals surface area contributed by atoms with Crippen molar-refractivity contribution in [1.82, 2.24) is 5.32 Å². The maximum Gasteiger partial charge on any atom is 0.0178 e. The molecule has 0 aliphatic heterocycles. The Hall–Kier alpha value is -0.340. The molecule has 0 aromatic heterocycles. The molecule has 2 rings (SSSR count). The first kappa shape index (κ1) is 12.1. The Bertz CT molecular complexity index is 342. The Balaban J connectivity index is 2.24. The van der Waals surface area contributed by atoms with Crippen molar-refractivity contribution >= 4 is 15.9 Å². The van der Waals surface area contributed by atoms with Crippen LogP contribution in [0.1, 0.15) is 38.2 Å². The Morgan fingerprint density at radius 3 is 2.69 bits per heavy atom. The quantitative estimate of drug-likeness (QED) is 0.884. The normalized spacial score (nSPS) is 18.9. The Morgan fingerprint density at radius 2 is 2.06 bits per heavy atom. The molecule has 1 saturated carbocycles. The maximum atomic E-state index is 3.58. The topological polar surface area (TPSA) is 12.0 Å². The van der Waals surface area contributed by atoms with Crippen molar-refractivity contribution in [1.29, 1.82) is 0 Å². The molecule has 0 heterocycles. The lowest BCUT2D eigenvalue weighted by Gasteiger charge is -2.30. The minimum Gasteiger partial charge on any atom is -0.316 e. The summed E-state index contributed by atoms with van der Waals surface area (Å²) < 4.78 is 1.20. The molecule has 1 fully saturated rings. The molecule has 1 aliphatic rings. The molecule has 2 heteroatoms. The Morgan fingerprint density at radius 1 is 1.31 bits per heavy atom. The minimum absolute atomic E-state index is 0.389. The van der Waals surface area contributed by atoms with Gasteiger partial charge in [-0.25, -0.2) is 0 Å². The molecule has 1 nitrogen and oxygen atoms in total. The summed E-state index contributed by atoms with van der Waals surface area (Å²) in [6.45, 7) is 4.37. The van der Waals surface area contributed by atoms with Crippen LogP contribution < -0.4 is 5.32 Å². The second kappa shape index (κ2) is 5.33. The van der Waals surface area contributed by atoms with Gasteiger partial charge >= 0.3 is 0 Å². The van der Waals surface area contributed by atoms with Crippen LogP contribution in [0.25, 0.3) is 0 Å². The lowest BCUT2D eigenvalue weighted by molar-refractivity contribution is 0.410. The van der Waals surface area contributed by atoms with Crippen LogP contribution >= 0.6 is 15.9 Å². The van der Waals surface area contributed by atoms with E-state index < -0.39 is 0 Å². The first-order chi connectivity index (χ1) is 7.77. The van der Waals surface area contributed by atoms with Crippen LogP contribution in [0.4, 0.5) is 0 Å². The fourth-order valence-corrected chi connectivity index (χ4v) is 3.20. The van der Waals surface area contributed by atoms with Gasteiger partial charge in [0.15, 0.2) is 0 Å². The fraction of sp³-hybridized carbons (Fsp3) is 0.571. The van der Waals surface area contributed by atoms with E-state index in [9.17, 15) is 0 Å². The summed E-state index contributed by atoms with van der Waals surface area (Å²) in [5.41, 5.74) is 1.89. The molecule has 0 bridgehead atoms. The number of halogens is 1. The van der Waals surface area contributed by atoms with E-state index in [1.807, 2.05) is 0 Å². The third-order valence-corrected chi connectivity index (χ3v) is 4.20. The van der Waals surface area contributed by atoms with Crippen LogP contribution in [0.5, 0.6) is 0 Å². The molecule has 1 aliphatic carbocycles. The number of nitrogens with one attached hydrogen (secondary N) is 1. The smallest absolute Gasteiger partial charge is 0.0178 e. The van der Waals surface area contributed by atoms with Gasteiger partial charge in [-0.1, -0.05) is 47.8 Å². The van der Waals surface area contributed by atoms with Gasteiger partial charge in [0.2, 0.25) is 0 Å². The lowest BCUT2D eigenvalue weighted by Crippen LogP contribution is -2.35. The van der Waals surface area contributed by atoms with E-state index in [1.165, 1.54) is 35.7 Å². The molecule has 16 heavy (non-hydrogen) atoms. The summed E-state index contributed by atoms with van der Waals surface area (Å²) in [5, 5.41) is 3.53. The van der Waals surface area contributed by atoms with E-state index in [0.29, 0.717) is 5.41 Å². The summed E-state index contributed by atoms with van der Waals surface area (Å²) in [6, 6.07) is 8.85. The van der Waals surface area contributed by atoms with Crippen molar-refractivity contribution in [3.63, 3.8) is 0 Å². The molecular formula is C14H20BrN.